The molecule has 0 aliphatic carbocycles. The number of amides is 1. The molecule has 0 aliphatic heterocycles. The lowest BCUT2D eigenvalue weighted by atomic mass is 10.1. The zero-order valence-electron chi connectivity index (χ0n) is 12.2. The van der Waals surface area contributed by atoms with E-state index in [1.54, 1.807) is 23.2 Å². The molecule has 2 aromatic rings. The minimum absolute atomic E-state index is 0.0149. The van der Waals surface area contributed by atoms with Crippen LogP contribution in [0.2, 0.25) is 0 Å². The van der Waals surface area contributed by atoms with Gasteiger partial charge in [-0.3, -0.25) is 4.79 Å². The van der Waals surface area contributed by atoms with Crippen molar-refractivity contribution in [3.05, 3.63) is 65.7 Å². The Bertz CT molecular complexity index is 606. The third-order valence-electron chi connectivity index (χ3n) is 3.09. The van der Waals surface area contributed by atoms with Crippen molar-refractivity contribution >= 4 is 17.8 Å². The van der Waals surface area contributed by atoms with Gasteiger partial charge in [0.2, 0.25) is 0 Å². The second kappa shape index (κ2) is 7.24. The zero-order chi connectivity index (χ0) is 15.1. The summed E-state index contributed by atoms with van der Waals surface area (Å²) < 4.78 is 0. The Morgan fingerprint density at radius 1 is 1.14 bits per heavy atom. The highest BCUT2D eigenvalue weighted by Crippen LogP contribution is 2.16. The highest BCUT2D eigenvalue weighted by molar-refractivity contribution is 6.06. The number of hydrogen-bond donors (Lipinski definition) is 0. The van der Waals surface area contributed by atoms with Crippen LogP contribution in [-0.2, 0) is 4.84 Å². The summed E-state index contributed by atoms with van der Waals surface area (Å²) in [6, 6.07) is 16.9. The van der Waals surface area contributed by atoms with Gasteiger partial charge >= 0.3 is 0 Å². The summed E-state index contributed by atoms with van der Waals surface area (Å²) in [6.45, 7) is 2.58. The molecule has 1 amide bonds. The van der Waals surface area contributed by atoms with Gasteiger partial charge < -0.3 is 9.74 Å². The highest BCUT2D eigenvalue weighted by atomic mass is 16.6. The second-order valence-corrected chi connectivity index (χ2v) is 4.42. The number of benzene rings is 2. The van der Waals surface area contributed by atoms with Crippen LogP contribution in [-0.4, -0.2) is 25.8 Å². The molecule has 0 bridgehead atoms. The van der Waals surface area contributed by atoms with E-state index in [1.165, 1.54) is 7.11 Å². The van der Waals surface area contributed by atoms with E-state index in [4.69, 9.17) is 0 Å². The molecule has 0 unspecified atom stereocenters. The first kappa shape index (κ1) is 14.8. The van der Waals surface area contributed by atoms with E-state index in [2.05, 4.69) is 9.99 Å². The van der Waals surface area contributed by atoms with Gasteiger partial charge in [-0.25, -0.2) is 0 Å². The van der Waals surface area contributed by atoms with Gasteiger partial charge in [-0.05, 0) is 36.8 Å². The fourth-order valence-electron chi connectivity index (χ4n) is 2.03. The van der Waals surface area contributed by atoms with Crippen LogP contribution >= 0.6 is 0 Å². The van der Waals surface area contributed by atoms with Crippen molar-refractivity contribution in [1.29, 1.82) is 0 Å². The first-order valence-electron chi connectivity index (χ1n) is 6.79. The lowest BCUT2D eigenvalue weighted by molar-refractivity contribution is 0.0988. The predicted octanol–water partition coefficient (Wildman–Crippen LogP) is 3.33. The van der Waals surface area contributed by atoms with Gasteiger partial charge in [-0.15, -0.1) is 0 Å². The third-order valence-corrected chi connectivity index (χ3v) is 3.09. The maximum Gasteiger partial charge on any atom is 0.258 e. The maximum absolute atomic E-state index is 12.6. The van der Waals surface area contributed by atoms with Gasteiger partial charge in [0.05, 0.1) is 6.21 Å². The molecule has 0 heterocycles. The lowest BCUT2D eigenvalue weighted by Gasteiger charge is -2.21. The molecule has 0 saturated heterocycles. The van der Waals surface area contributed by atoms with Gasteiger partial charge in [0.15, 0.2) is 0 Å². The first-order valence-corrected chi connectivity index (χ1v) is 6.79. The summed E-state index contributed by atoms with van der Waals surface area (Å²) in [5.74, 6) is -0.0149. The van der Waals surface area contributed by atoms with Gasteiger partial charge in [0, 0.05) is 17.8 Å². The summed E-state index contributed by atoms with van der Waals surface area (Å²) in [4.78, 5) is 18.9. The van der Waals surface area contributed by atoms with Crippen LogP contribution in [0.3, 0.4) is 0 Å². The fourth-order valence-corrected chi connectivity index (χ4v) is 2.03. The molecule has 0 aliphatic rings. The summed E-state index contributed by atoms with van der Waals surface area (Å²) in [7, 11) is 1.49. The average molecular weight is 282 g/mol. The molecular formula is C17H18N2O2. The second-order valence-electron chi connectivity index (χ2n) is 4.42. The van der Waals surface area contributed by atoms with Crippen molar-refractivity contribution in [1.82, 2.24) is 0 Å². The molecule has 0 radical (unpaired) electrons. The molecule has 0 spiro atoms. The number of para-hydroxylation sites is 1. The molecule has 4 heteroatoms. The minimum atomic E-state index is -0.0149. The van der Waals surface area contributed by atoms with Crippen molar-refractivity contribution < 1.29 is 9.63 Å². The van der Waals surface area contributed by atoms with Crippen LogP contribution in [0.5, 0.6) is 0 Å². The Labute approximate surface area is 124 Å². The Morgan fingerprint density at radius 3 is 2.38 bits per heavy atom. The van der Waals surface area contributed by atoms with Crippen LogP contribution in [0.25, 0.3) is 0 Å². The molecule has 108 valence electrons. The zero-order valence-corrected chi connectivity index (χ0v) is 12.2. The first-order chi connectivity index (χ1) is 10.3. The molecule has 0 fully saturated rings. The quantitative estimate of drug-likeness (QED) is 0.623. The van der Waals surface area contributed by atoms with E-state index >= 15 is 0 Å². The largest absolute Gasteiger partial charge is 0.399 e. The molecular weight excluding hydrogens is 264 g/mol. The van der Waals surface area contributed by atoms with Crippen molar-refractivity contribution in [2.45, 2.75) is 6.92 Å². The summed E-state index contributed by atoms with van der Waals surface area (Å²) >= 11 is 0. The van der Waals surface area contributed by atoms with E-state index < -0.39 is 0 Å². The molecule has 0 N–H and O–H groups in total. The average Bonchev–Trinajstić information content (AvgIpc) is 2.55. The van der Waals surface area contributed by atoms with Gasteiger partial charge in [-0.2, -0.15) is 0 Å². The van der Waals surface area contributed by atoms with Crippen molar-refractivity contribution in [3.63, 3.8) is 0 Å². The summed E-state index contributed by atoms with van der Waals surface area (Å²) in [5, 5.41) is 3.70. The molecule has 0 aromatic heterocycles. The number of carbonyl (C=O) groups excluding carboxylic acids is 1. The van der Waals surface area contributed by atoms with E-state index in [-0.39, 0.29) is 5.91 Å². The Hall–Kier alpha value is -2.62. The van der Waals surface area contributed by atoms with Gasteiger partial charge in [0.25, 0.3) is 5.91 Å². The SMILES string of the molecule is CCN(C(=O)c1ccc(/C=N/OC)cc1)c1ccccc1. The molecule has 21 heavy (non-hydrogen) atoms. The smallest absolute Gasteiger partial charge is 0.258 e. The van der Waals surface area contributed by atoms with E-state index in [0.717, 1.165) is 11.3 Å². The number of anilines is 1. The van der Waals surface area contributed by atoms with Gasteiger partial charge in [0.1, 0.15) is 7.11 Å². The number of hydrogen-bond acceptors (Lipinski definition) is 3. The molecule has 4 nitrogen and oxygen atoms in total. The normalized spacial score (nSPS) is 10.6. The number of nitrogens with zero attached hydrogens (tertiary/aromatic N) is 2. The van der Waals surface area contributed by atoms with E-state index in [0.29, 0.717) is 12.1 Å². The van der Waals surface area contributed by atoms with Crippen molar-refractivity contribution in [2.24, 2.45) is 5.16 Å². The lowest BCUT2D eigenvalue weighted by Crippen LogP contribution is -2.30. The maximum atomic E-state index is 12.6. The van der Waals surface area contributed by atoms with Crippen LogP contribution in [0, 0.1) is 0 Å². The monoisotopic (exact) mass is 282 g/mol. The summed E-state index contributed by atoms with van der Waals surface area (Å²) in [6.07, 6.45) is 1.60. The van der Waals surface area contributed by atoms with Crippen molar-refractivity contribution in [3.8, 4) is 0 Å². The van der Waals surface area contributed by atoms with Gasteiger partial charge in [-0.1, -0.05) is 35.5 Å². The molecule has 0 atom stereocenters. The topological polar surface area (TPSA) is 41.9 Å². The van der Waals surface area contributed by atoms with Crippen LogP contribution in [0.15, 0.2) is 59.8 Å². The standard InChI is InChI=1S/C17H18N2O2/c1-3-19(16-7-5-4-6-8-16)17(20)15-11-9-14(10-12-15)13-18-21-2/h4-13H,3H2,1-2H3/b18-13+. The highest BCUT2D eigenvalue weighted by Gasteiger charge is 2.15. The molecule has 0 saturated carbocycles. The predicted molar refractivity (Wildman–Crippen MR) is 84.8 cm³/mol. The molecule has 2 rings (SSSR count). The Morgan fingerprint density at radius 2 is 1.81 bits per heavy atom. The number of carbonyl (C=O) groups is 1. The number of rotatable bonds is 5. The van der Waals surface area contributed by atoms with Crippen molar-refractivity contribution in [2.75, 3.05) is 18.6 Å². The van der Waals surface area contributed by atoms with Crippen LogP contribution < -0.4 is 4.90 Å². The van der Waals surface area contributed by atoms with E-state index in [1.807, 2.05) is 49.4 Å². The Balaban J connectivity index is 2.20. The van der Waals surface area contributed by atoms with Crippen LogP contribution in [0.4, 0.5) is 5.69 Å². The van der Waals surface area contributed by atoms with Crippen LogP contribution in [0.1, 0.15) is 22.8 Å². The van der Waals surface area contributed by atoms with E-state index in [9.17, 15) is 4.79 Å². The third kappa shape index (κ3) is 3.69. The molecule has 2 aromatic carbocycles. The summed E-state index contributed by atoms with van der Waals surface area (Å²) in [5.41, 5.74) is 2.43. The fraction of sp³-hybridized carbons (Fsp3) is 0.176. The minimum Gasteiger partial charge on any atom is -0.399 e. The Kier molecular flexibility index (Phi) is 5.10. The number of oxime groups is 1.